The number of thioether (sulfide) groups is 1. The van der Waals surface area contributed by atoms with Gasteiger partial charge in [0.15, 0.2) is 6.61 Å². The number of halogens is 4. The summed E-state index contributed by atoms with van der Waals surface area (Å²) in [6.45, 7) is 1.90. The van der Waals surface area contributed by atoms with E-state index < -0.39 is 18.7 Å². The number of carbonyl (C=O) groups is 1. The van der Waals surface area contributed by atoms with E-state index in [9.17, 15) is 9.90 Å². The fourth-order valence-corrected chi connectivity index (χ4v) is 5.96. The van der Waals surface area contributed by atoms with E-state index in [1.54, 1.807) is 6.07 Å². The Kier molecular flexibility index (Phi) is 9.75. The van der Waals surface area contributed by atoms with Crippen molar-refractivity contribution in [3.63, 3.8) is 0 Å². The van der Waals surface area contributed by atoms with Gasteiger partial charge in [0.05, 0.1) is 17.7 Å². The third kappa shape index (κ3) is 7.39. The van der Waals surface area contributed by atoms with E-state index in [2.05, 4.69) is 9.47 Å². The first-order valence-corrected chi connectivity index (χ1v) is 14.0. The van der Waals surface area contributed by atoms with Crippen LogP contribution in [0.3, 0.4) is 0 Å². The van der Waals surface area contributed by atoms with Crippen LogP contribution in [0.2, 0.25) is 20.1 Å². The highest BCUT2D eigenvalue weighted by Crippen LogP contribution is 2.33. The number of aliphatic carboxylic acids is 1. The van der Waals surface area contributed by atoms with Gasteiger partial charge in [0.2, 0.25) is 0 Å². The second kappa shape index (κ2) is 12.8. The predicted octanol–water partition coefficient (Wildman–Crippen LogP) is 6.93. The normalized spacial score (nSPS) is 14.5. The molecule has 4 aromatic rings. The summed E-state index contributed by atoms with van der Waals surface area (Å²) in [7, 11) is 0. The molecule has 2 heterocycles. The minimum Gasteiger partial charge on any atom is -0.480 e. The maximum Gasteiger partial charge on any atom is 0.341 e. The fraction of sp³-hybridized carbons (Fsp3) is 0.269. The van der Waals surface area contributed by atoms with Gasteiger partial charge in [-0.25, -0.2) is 4.79 Å². The molecule has 0 amide bonds. The molecule has 1 aliphatic heterocycles. The first kappa shape index (κ1) is 28.2. The second-order valence-electron chi connectivity index (χ2n) is 8.46. The standard InChI is InChI=1S/C18H18Cl2N2OS.C8H6Cl2O3/c19-12-1-3-17-15(7-12)16-8-13(20)2-4-18(16)22(17)10-14(23)9-21-5-6-24-11-21;9-5-1-2-7(6(10)3-5)13-4-8(11)12/h1-4,7-8,14,23H,5-6,9-11H2;1-3H,4H2,(H,11,12). The van der Waals surface area contributed by atoms with Crippen LogP contribution >= 0.6 is 58.2 Å². The number of aliphatic hydroxyl groups excluding tert-OH is 1. The molecule has 0 radical (unpaired) electrons. The highest BCUT2D eigenvalue weighted by atomic mass is 35.5. The van der Waals surface area contributed by atoms with Crippen molar-refractivity contribution in [3.05, 3.63) is 74.7 Å². The third-order valence-corrected chi connectivity index (χ3v) is 7.74. The summed E-state index contributed by atoms with van der Waals surface area (Å²) in [5, 5.41) is 23.2. The Hall–Kier alpha value is -1.84. The van der Waals surface area contributed by atoms with Crippen LogP contribution in [0.1, 0.15) is 0 Å². The lowest BCUT2D eigenvalue weighted by molar-refractivity contribution is -0.139. The number of hydrogen-bond acceptors (Lipinski definition) is 5. The minimum absolute atomic E-state index is 0.300. The van der Waals surface area contributed by atoms with Crippen molar-refractivity contribution in [2.75, 3.05) is 31.3 Å². The summed E-state index contributed by atoms with van der Waals surface area (Å²) in [6, 6.07) is 16.3. The number of rotatable bonds is 7. The summed E-state index contributed by atoms with van der Waals surface area (Å²) >= 11 is 25.6. The van der Waals surface area contributed by atoms with Crippen LogP contribution in [-0.2, 0) is 11.3 Å². The Bertz CT molecular complexity index is 1350. The molecule has 1 fully saturated rings. The van der Waals surface area contributed by atoms with Gasteiger partial charge < -0.3 is 19.5 Å². The molecule has 1 aliphatic rings. The van der Waals surface area contributed by atoms with Gasteiger partial charge in [-0.05, 0) is 54.6 Å². The van der Waals surface area contributed by atoms with Crippen LogP contribution in [0.5, 0.6) is 5.75 Å². The highest BCUT2D eigenvalue weighted by Gasteiger charge is 2.19. The van der Waals surface area contributed by atoms with E-state index in [1.807, 2.05) is 48.2 Å². The van der Waals surface area contributed by atoms with Crippen LogP contribution in [0, 0.1) is 0 Å². The molecule has 5 rings (SSSR count). The van der Waals surface area contributed by atoms with Gasteiger partial charge in [0.1, 0.15) is 5.75 Å². The number of ether oxygens (including phenoxy) is 1. The van der Waals surface area contributed by atoms with Crippen molar-refractivity contribution >= 4 is 85.9 Å². The summed E-state index contributed by atoms with van der Waals surface area (Å²) in [4.78, 5) is 12.5. The molecular formula is C26H24Cl4N2O4S. The van der Waals surface area contributed by atoms with E-state index in [4.69, 9.17) is 56.2 Å². The van der Waals surface area contributed by atoms with Gasteiger partial charge in [0.25, 0.3) is 0 Å². The van der Waals surface area contributed by atoms with E-state index in [-0.39, 0.29) is 0 Å². The first-order valence-electron chi connectivity index (χ1n) is 11.4. The zero-order chi connectivity index (χ0) is 26.5. The van der Waals surface area contributed by atoms with Gasteiger partial charge in [-0.1, -0.05) is 46.4 Å². The molecule has 1 atom stereocenters. The SMILES string of the molecule is O=C(O)COc1ccc(Cl)cc1Cl.OC(CN1CCSC1)Cn1c2ccc(Cl)cc2c2cc(Cl)ccc21. The molecule has 1 aromatic heterocycles. The largest absolute Gasteiger partial charge is 0.480 e. The molecule has 0 aliphatic carbocycles. The molecule has 1 unspecified atom stereocenters. The van der Waals surface area contributed by atoms with Gasteiger partial charge in [-0.3, -0.25) is 4.90 Å². The molecule has 6 nitrogen and oxygen atoms in total. The number of nitrogens with zero attached hydrogens (tertiary/aromatic N) is 2. The molecule has 0 spiro atoms. The van der Waals surface area contributed by atoms with Crippen LogP contribution in [0.25, 0.3) is 21.8 Å². The van der Waals surface area contributed by atoms with Gasteiger partial charge in [0, 0.05) is 61.6 Å². The zero-order valence-corrected chi connectivity index (χ0v) is 23.4. The smallest absolute Gasteiger partial charge is 0.341 e. The molecule has 0 bridgehead atoms. The lowest BCUT2D eigenvalue weighted by Gasteiger charge is -2.20. The van der Waals surface area contributed by atoms with E-state index >= 15 is 0 Å². The van der Waals surface area contributed by atoms with Crippen molar-refractivity contribution in [3.8, 4) is 5.75 Å². The fourth-order valence-electron chi connectivity index (χ4n) is 4.14. The van der Waals surface area contributed by atoms with Crippen molar-refractivity contribution in [1.29, 1.82) is 0 Å². The van der Waals surface area contributed by atoms with Gasteiger partial charge in [-0.2, -0.15) is 0 Å². The molecule has 11 heteroatoms. The maximum absolute atomic E-state index is 10.6. The second-order valence-corrected chi connectivity index (χ2v) is 11.3. The monoisotopic (exact) mass is 600 g/mol. The molecule has 37 heavy (non-hydrogen) atoms. The number of carboxylic acid groups (broad SMARTS) is 1. The molecule has 0 saturated carbocycles. The lowest BCUT2D eigenvalue weighted by Crippen LogP contribution is -2.32. The lowest BCUT2D eigenvalue weighted by atomic mass is 10.1. The van der Waals surface area contributed by atoms with E-state index in [1.165, 1.54) is 12.1 Å². The Balaban J connectivity index is 0.000000209. The summed E-state index contributed by atoms with van der Waals surface area (Å²) in [5.41, 5.74) is 2.15. The Morgan fingerprint density at radius 1 is 0.919 bits per heavy atom. The highest BCUT2D eigenvalue weighted by molar-refractivity contribution is 7.99. The Labute approximate surface area is 238 Å². The first-order chi connectivity index (χ1) is 17.7. The third-order valence-electron chi connectivity index (χ3n) is 5.72. The quantitative estimate of drug-likeness (QED) is 0.239. The molecule has 196 valence electrons. The van der Waals surface area contributed by atoms with Crippen LogP contribution < -0.4 is 4.74 Å². The molecule has 1 saturated heterocycles. The van der Waals surface area contributed by atoms with Gasteiger partial charge >= 0.3 is 5.97 Å². The van der Waals surface area contributed by atoms with Crippen LogP contribution in [0.4, 0.5) is 0 Å². The molecule has 3 aromatic carbocycles. The number of aliphatic hydroxyl groups is 1. The Morgan fingerprint density at radius 2 is 1.51 bits per heavy atom. The van der Waals surface area contributed by atoms with Gasteiger partial charge in [-0.15, -0.1) is 11.8 Å². The average molecular weight is 602 g/mol. The number of carboxylic acids is 1. The van der Waals surface area contributed by atoms with Crippen LogP contribution in [-0.4, -0.2) is 63.1 Å². The minimum atomic E-state index is -1.05. The Morgan fingerprint density at radius 3 is 2.05 bits per heavy atom. The zero-order valence-electron chi connectivity index (χ0n) is 19.5. The maximum atomic E-state index is 10.6. The topological polar surface area (TPSA) is 74.9 Å². The summed E-state index contributed by atoms with van der Waals surface area (Å²) in [5.74, 6) is 1.42. The number of hydrogen-bond donors (Lipinski definition) is 2. The van der Waals surface area contributed by atoms with E-state index in [0.717, 1.165) is 40.0 Å². The van der Waals surface area contributed by atoms with Crippen molar-refractivity contribution in [2.24, 2.45) is 0 Å². The number of aromatic nitrogens is 1. The number of benzene rings is 3. The predicted molar refractivity (Wildman–Crippen MR) is 154 cm³/mol. The number of fused-ring (bicyclic) bond motifs is 3. The van der Waals surface area contributed by atoms with Crippen molar-refractivity contribution in [2.45, 2.75) is 12.6 Å². The summed E-state index contributed by atoms with van der Waals surface area (Å²) < 4.78 is 7.03. The number of β-amino-alcohol motifs (C(OH)–C–C–N with tert-alkyl or cyclic N) is 1. The molecular weight excluding hydrogens is 578 g/mol. The summed E-state index contributed by atoms with van der Waals surface area (Å²) in [6.07, 6.45) is -0.408. The van der Waals surface area contributed by atoms with Crippen LogP contribution in [0.15, 0.2) is 54.6 Å². The van der Waals surface area contributed by atoms with Crippen molar-refractivity contribution in [1.82, 2.24) is 9.47 Å². The average Bonchev–Trinajstić information content (AvgIpc) is 3.45. The molecule has 2 N–H and O–H groups in total. The van der Waals surface area contributed by atoms with E-state index in [0.29, 0.717) is 38.9 Å². The van der Waals surface area contributed by atoms with Crippen molar-refractivity contribution < 1.29 is 19.7 Å².